The van der Waals surface area contributed by atoms with Crippen LogP contribution in [-0.4, -0.2) is 59.3 Å². The number of aromatic amines is 1. The van der Waals surface area contributed by atoms with Gasteiger partial charge in [-0.2, -0.15) is 0 Å². The number of hydrogen-bond acceptors (Lipinski definition) is 4. The van der Waals surface area contributed by atoms with E-state index in [1.807, 2.05) is 37.3 Å². The van der Waals surface area contributed by atoms with E-state index in [9.17, 15) is 4.79 Å². The van der Waals surface area contributed by atoms with E-state index >= 15 is 0 Å². The van der Waals surface area contributed by atoms with Crippen LogP contribution in [0.25, 0.3) is 10.9 Å². The van der Waals surface area contributed by atoms with Crippen molar-refractivity contribution in [3.05, 3.63) is 75.6 Å². The number of pyridine rings is 1. The van der Waals surface area contributed by atoms with Crippen LogP contribution in [0.15, 0.2) is 53.3 Å². The molecule has 2 N–H and O–H groups in total. The van der Waals surface area contributed by atoms with Gasteiger partial charge < -0.3 is 19.9 Å². The number of morpholine rings is 1. The van der Waals surface area contributed by atoms with Crippen molar-refractivity contribution in [2.75, 3.05) is 44.7 Å². The summed E-state index contributed by atoms with van der Waals surface area (Å²) in [5.74, 6) is 0. The molecule has 1 aromatic heterocycles. The summed E-state index contributed by atoms with van der Waals surface area (Å²) in [4.78, 5) is 20.3. The summed E-state index contributed by atoms with van der Waals surface area (Å²) in [6, 6.07) is 16.2. The van der Waals surface area contributed by atoms with Gasteiger partial charge in [-0.25, -0.2) is 0 Å². The summed E-state index contributed by atoms with van der Waals surface area (Å²) in [6.07, 6.45) is 0. The molecular formula is C25H30N4O2S. The standard InChI is InChI=1S/C25H30N4O2S/c1-18-4-7-22(8-5-18)26-25(32)29(10-9-28-11-13-31-14-12-28)17-21-16-20-6-3-19(2)15-23(20)27-24(21)30/h3-8,15-16H,9-14,17H2,1-2H3,(H,26,32)(H,27,30). The summed E-state index contributed by atoms with van der Waals surface area (Å²) in [6.45, 7) is 9.47. The summed E-state index contributed by atoms with van der Waals surface area (Å²) in [5.41, 5.74) is 4.76. The molecule has 0 amide bonds. The lowest BCUT2D eigenvalue weighted by Crippen LogP contribution is -2.44. The number of H-pyrrole nitrogens is 1. The molecule has 7 heteroatoms. The monoisotopic (exact) mass is 450 g/mol. The van der Waals surface area contributed by atoms with Gasteiger partial charge in [-0.15, -0.1) is 0 Å². The molecule has 6 nitrogen and oxygen atoms in total. The summed E-state index contributed by atoms with van der Waals surface area (Å²) < 4.78 is 5.46. The van der Waals surface area contributed by atoms with Gasteiger partial charge >= 0.3 is 0 Å². The van der Waals surface area contributed by atoms with Gasteiger partial charge in [0.15, 0.2) is 5.11 Å². The van der Waals surface area contributed by atoms with Crippen molar-refractivity contribution in [1.29, 1.82) is 0 Å². The molecule has 1 fully saturated rings. The molecule has 1 saturated heterocycles. The lowest BCUT2D eigenvalue weighted by atomic mass is 10.1. The molecule has 0 unspecified atom stereocenters. The molecule has 0 atom stereocenters. The van der Waals surface area contributed by atoms with Crippen LogP contribution >= 0.6 is 12.2 Å². The molecule has 168 valence electrons. The van der Waals surface area contributed by atoms with Gasteiger partial charge in [-0.3, -0.25) is 9.69 Å². The maximum atomic E-state index is 12.8. The Morgan fingerprint density at radius 2 is 1.81 bits per heavy atom. The topological polar surface area (TPSA) is 60.6 Å². The quantitative estimate of drug-likeness (QED) is 0.559. The normalized spacial score (nSPS) is 14.4. The highest BCUT2D eigenvalue weighted by molar-refractivity contribution is 7.80. The maximum absolute atomic E-state index is 12.8. The fourth-order valence-corrected chi connectivity index (χ4v) is 4.14. The van der Waals surface area contributed by atoms with Crippen LogP contribution in [0.3, 0.4) is 0 Å². The van der Waals surface area contributed by atoms with E-state index in [0.717, 1.165) is 61.5 Å². The number of fused-ring (bicyclic) bond motifs is 1. The summed E-state index contributed by atoms with van der Waals surface area (Å²) in [7, 11) is 0. The first kappa shape index (κ1) is 22.5. The Bertz CT molecular complexity index is 1140. The van der Waals surface area contributed by atoms with Crippen molar-refractivity contribution in [2.24, 2.45) is 0 Å². The highest BCUT2D eigenvalue weighted by atomic mass is 32.1. The van der Waals surface area contributed by atoms with E-state index in [1.54, 1.807) is 0 Å². The Hall–Kier alpha value is -2.74. The van der Waals surface area contributed by atoms with Gasteiger partial charge in [0.1, 0.15) is 0 Å². The number of anilines is 1. The van der Waals surface area contributed by atoms with Gasteiger partial charge in [0.2, 0.25) is 0 Å². The molecule has 0 saturated carbocycles. The van der Waals surface area contributed by atoms with E-state index in [1.165, 1.54) is 5.56 Å². The number of thiocarbonyl (C=S) groups is 1. The Labute approximate surface area is 194 Å². The third kappa shape index (κ3) is 5.73. The first-order valence-electron chi connectivity index (χ1n) is 11.0. The molecule has 0 spiro atoms. The molecule has 3 aromatic rings. The maximum Gasteiger partial charge on any atom is 0.253 e. The van der Waals surface area contributed by atoms with Crippen molar-refractivity contribution in [3.63, 3.8) is 0 Å². The molecule has 4 rings (SSSR count). The van der Waals surface area contributed by atoms with Gasteiger partial charge in [-0.05, 0) is 61.3 Å². The third-order valence-corrected chi connectivity index (χ3v) is 6.18. The highest BCUT2D eigenvalue weighted by Gasteiger charge is 2.17. The SMILES string of the molecule is Cc1ccc(NC(=S)N(CCN2CCOCC2)Cc2cc3ccc(C)cc3[nH]c2=O)cc1. The van der Waals surface area contributed by atoms with Gasteiger partial charge in [0.25, 0.3) is 5.56 Å². The van der Waals surface area contributed by atoms with Crippen LogP contribution in [0.1, 0.15) is 16.7 Å². The number of aromatic nitrogens is 1. The largest absolute Gasteiger partial charge is 0.379 e. The zero-order valence-corrected chi connectivity index (χ0v) is 19.5. The molecule has 1 aliphatic heterocycles. The van der Waals surface area contributed by atoms with Crippen LogP contribution in [0.2, 0.25) is 0 Å². The van der Waals surface area contributed by atoms with Crippen LogP contribution < -0.4 is 10.9 Å². The van der Waals surface area contributed by atoms with Gasteiger partial charge in [-0.1, -0.05) is 29.8 Å². The number of aryl methyl sites for hydroxylation is 2. The van der Waals surface area contributed by atoms with Crippen molar-refractivity contribution in [1.82, 2.24) is 14.8 Å². The molecule has 2 heterocycles. The van der Waals surface area contributed by atoms with Gasteiger partial charge in [0, 0.05) is 42.9 Å². The van der Waals surface area contributed by atoms with Crippen molar-refractivity contribution >= 4 is 33.9 Å². The second kappa shape index (κ2) is 10.3. The van der Waals surface area contributed by atoms with Crippen LogP contribution in [0.4, 0.5) is 5.69 Å². The highest BCUT2D eigenvalue weighted by Crippen LogP contribution is 2.15. The average Bonchev–Trinajstić information content (AvgIpc) is 2.79. The van der Waals surface area contributed by atoms with Crippen LogP contribution in [0.5, 0.6) is 0 Å². The van der Waals surface area contributed by atoms with Crippen molar-refractivity contribution in [3.8, 4) is 0 Å². The summed E-state index contributed by atoms with van der Waals surface area (Å²) in [5, 5.41) is 4.98. The number of nitrogens with zero attached hydrogens (tertiary/aromatic N) is 2. The number of ether oxygens (including phenoxy) is 1. The lowest BCUT2D eigenvalue weighted by molar-refractivity contribution is 0.0358. The number of rotatable bonds is 6. The molecular weight excluding hydrogens is 420 g/mol. The molecule has 2 aromatic carbocycles. The fourth-order valence-electron chi connectivity index (χ4n) is 3.86. The summed E-state index contributed by atoms with van der Waals surface area (Å²) >= 11 is 5.77. The predicted octanol–water partition coefficient (Wildman–Crippen LogP) is 3.68. The van der Waals surface area contributed by atoms with E-state index < -0.39 is 0 Å². The van der Waals surface area contributed by atoms with E-state index in [-0.39, 0.29) is 5.56 Å². The minimum Gasteiger partial charge on any atom is -0.379 e. The molecule has 1 aliphatic rings. The molecule has 32 heavy (non-hydrogen) atoms. The second-order valence-corrected chi connectivity index (χ2v) is 8.77. The zero-order valence-electron chi connectivity index (χ0n) is 18.7. The van der Waals surface area contributed by atoms with E-state index in [2.05, 4.69) is 45.2 Å². The predicted molar refractivity (Wildman–Crippen MR) is 134 cm³/mol. The van der Waals surface area contributed by atoms with Gasteiger partial charge in [0.05, 0.1) is 19.8 Å². The second-order valence-electron chi connectivity index (χ2n) is 8.39. The van der Waals surface area contributed by atoms with Crippen LogP contribution in [0, 0.1) is 13.8 Å². The first-order valence-corrected chi connectivity index (χ1v) is 11.4. The lowest BCUT2D eigenvalue weighted by Gasteiger charge is -2.31. The Morgan fingerprint density at radius 1 is 1.09 bits per heavy atom. The minimum absolute atomic E-state index is 0.0717. The Kier molecular flexibility index (Phi) is 7.19. The minimum atomic E-state index is -0.0717. The molecule has 0 aliphatic carbocycles. The number of benzene rings is 2. The third-order valence-electron chi connectivity index (χ3n) is 5.82. The van der Waals surface area contributed by atoms with Crippen LogP contribution in [-0.2, 0) is 11.3 Å². The number of hydrogen-bond donors (Lipinski definition) is 2. The van der Waals surface area contributed by atoms with E-state index in [4.69, 9.17) is 17.0 Å². The first-order chi connectivity index (χ1) is 15.5. The Morgan fingerprint density at radius 3 is 2.56 bits per heavy atom. The smallest absolute Gasteiger partial charge is 0.253 e. The Balaban J connectivity index is 1.54. The van der Waals surface area contributed by atoms with Crippen molar-refractivity contribution < 1.29 is 4.74 Å². The molecule has 0 radical (unpaired) electrons. The number of nitrogens with one attached hydrogen (secondary N) is 2. The zero-order chi connectivity index (χ0) is 22.5. The van der Waals surface area contributed by atoms with Crippen molar-refractivity contribution in [2.45, 2.75) is 20.4 Å². The molecule has 0 bridgehead atoms. The fraction of sp³-hybridized carbons (Fsp3) is 0.360. The van der Waals surface area contributed by atoms with E-state index in [0.29, 0.717) is 17.2 Å². The average molecular weight is 451 g/mol.